The summed E-state index contributed by atoms with van der Waals surface area (Å²) >= 11 is 1.84. The maximum Gasteiger partial charge on any atom is 0.164 e. The average Bonchev–Trinajstić information content (AvgIpc) is 3.45. The van der Waals surface area contributed by atoms with Crippen LogP contribution in [0.15, 0.2) is 42.9 Å². The first-order valence-corrected chi connectivity index (χ1v) is 12.1. The molecule has 5 heterocycles. The quantitative estimate of drug-likeness (QED) is 0.469. The summed E-state index contributed by atoms with van der Waals surface area (Å²) < 4.78 is 0. The van der Waals surface area contributed by atoms with Crippen LogP contribution >= 0.6 is 11.3 Å². The highest BCUT2D eigenvalue weighted by Crippen LogP contribution is 2.42. The first kappa shape index (κ1) is 19.5. The van der Waals surface area contributed by atoms with Crippen molar-refractivity contribution in [3.63, 3.8) is 0 Å². The minimum absolute atomic E-state index is 0.350. The number of piperidine rings is 1. The molecule has 7 nitrogen and oxygen atoms in total. The summed E-state index contributed by atoms with van der Waals surface area (Å²) in [6.45, 7) is 1.92. The van der Waals surface area contributed by atoms with E-state index < -0.39 is 0 Å². The summed E-state index contributed by atoms with van der Waals surface area (Å²) in [6, 6.07) is 8.33. The van der Waals surface area contributed by atoms with Crippen LogP contribution in [0.25, 0.3) is 21.6 Å². The lowest BCUT2D eigenvalue weighted by Crippen LogP contribution is -2.47. The number of hydrogen-bond donors (Lipinski definition) is 0. The molecular weight excluding hydrogens is 418 g/mol. The monoisotopic (exact) mass is 443 g/mol. The van der Waals surface area contributed by atoms with Gasteiger partial charge in [0, 0.05) is 55.2 Å². The lowest BCUT2D eigenvalue weighted by atomic mass is 10.0. The summed E-state index contributed by atoms with van der Waals surface area (Å²) in [5.41, 5.74) is 2.42. The molecule has 1 unspecified atom stereocenters. The van der Waals surface area contributed by atoms with E-state index >= 15 is 0 Å². The first-order valence-electron chi connectivity index (χ1n) is 11.3. The standard InChI is InChI=1S/C24H25N7S/c1-30(17-7-5-13-31(15-17)20-10-4-12-26-29-20)23-21-18-8-2-9-19(18)32-24(21)28-22(27-23)16-6-3-11-25-14-16/h3-4,6,10-12,14,17H,2,5,7-9,13,15H2,1H3. The van der Waals surface area contributed by atoms with Crippen LogP contribution in [-0.4, -0.2) is 51.3 Å². The molecule has 4 aromatic heterocycles. The molecule has 32 heavy (non-hydrogen) atoms. The lowest BCUT2D eigenvalue weighted by molar-refractivity contribution is 0.483. The van der Waals surface area contributed by atoms with Gasteiger partial charge in [-0.1, -0.05) is 0 Å². The maximum absolute atomic E-state index is 5.13. The molecule has 8 heteroatoms. The van der Waals surface area contributed by atoms with Gasteiger partial charge in [-0.3, -0.25) is 4.98 Å². The number of thiophene rings is 1. The molecule has 2 aliphatic rings. The van der Waals surface area contributed by atoms with Crippen molar-refractivity contribution in [3.8, 4) is 11.4 Å². The van der Waals surface area contributed by atoms with E-state index in [9.17, 15) is 0 Å². The summed E-state index contributed by atoms with van der Waals surface area (Å²) in [6.07, 6.45) is 11.1. The lowest BCUT2D eigenvalue weighted by Gasteiger charge is -2.38. The van der Waals surface area contributed by atoms with Gasteiger partial charge in [0.2, 0.25) is 0 Å². The minimum atomic E-state index is 0.350. The summed E-state index contributed by atoms with van der Waals surface area (Å²) in [5.74, 6) is 2.76. The third-order valence-corrected chi connectivity index (χ3v) is 7.81. The molecule has 1 aliphatic carbocycles. The topological polar surface area (TPSA) is 70.9 Å². The van der Waals surface area contributed by atoms with E-state index in [0.29, 0.717) is 6.04 Å². The Balaban J connectivity index is 1.41. The Labute approximate surface area is 191 Å². The van der Waals surface area contributed by atoms with E-state index in [4.69, 9.17) is 9.97 Å². The number of aryl methyl sites for hydroxylation is 2. The minimum Gasteiger partial charge on any atom is -0.354 e. The highest BCUT2D eigenvalue weighted by atomic mass is 32.1. The Morgan fingerprint density at radius 2 is 2.03 bits per heavy atom. The van der Waals surface area contributed by atoms with Crippen LogP contribution in [0, 0.1) is 0 Å². The Morgan fingerprint density at radius 1 is 1.09 bits per heavy atom. The van der Waals surface area contributed by atoms with E-state index in [0.717, 1.165) is 66.6 Å². The number of likely N-dealkylation sites (N-methyl/N-ethyl adjacent to an activating group) is 1. The number of hydrogen-bond acceptors (Lipinski definition) is 8. The van der Waals surface area contributed by atoms with Gasteiger partial charge in [0.05, 0.1) is 5.39 Å². The van der Waals surface area contributed by atoms with Gasteiger partial charge in [-0.15, -0.1) is 16.4 Å². The highest BCUT2D eigenvalue weighted by molar-refractivity contribution is 7.19. The van der Waals surface area contributed by atoms with E-state index in [1.165, 1.54) is 22.2 Å². The second-order valence-corrected chi connectivity index (χ2v) is 9.67. The predicted octanol–water partition coefficient (Wildman–Crippen LogP) is 4.14. The Bertz CT molecular complexity index is 1240. The molecule has 0 radical (unpaired) electrons. The fourth-order valence-electron chi connectivity index (χ4n) is 4.97. The molecule has 1 atom stereocenters. The van der Waals surface area contributed by atoms with Crippen LogP contribution in [0.5, 0.6) is 0 Å². The van der Waals surface area contributed by atoms with Crippen molar-refractivity contribution in [2.75, 3.05) is 29.9 Å². The molecule has 1 aliphatic heterocycles. The van der Waals surface area contributed by atoms with Crippen molar-refractivity contribution in [1.29, 1.82) is 0 Å². The first-order chi connectivity index (χ1) is 15.8. The van der Waals surface area contributed by atoms with Gasteiger partial charge >= 0.3 is 0 Å². The number of rotatable bonds is 4. The van der Waals surface area contributed by atoms with E-state index in [2.05, 4.69) is 32.0 Å². The Kier molecular flexibility index (Phi) is 4.94. The Morgan fingerprint density at radius 3 is 2.88 bits per heavy atom. The third-order valence-electron chi connectivity index (χ3n) is 6.63. The fourth-order valence-corrected chi connectivity index (χ4v) is 6.23. The molecule has 0 aromatic carbocycles. The third kappa shape index (κ3) is 3.39. The van der Waals surface area contributed by atoms with Gasteiger partial charge in [0.15, 0.2) is 11.6 Å². The molecule has 162 valence electrons. The van der Waals surface area contributed by atoms with Gasteiger partial charge in [-0.2, -0.15) is 5.10 Å². The molecule has 0 saturated carbocycles. The molecular formula is C24H25N7S. The van der Waals surface area contributed by atoms with Crippen LogP contribution in [0.2, 0.25) is 0 Å². The Hall–Kier alpha value is -3.13. The fraction of sp³-hybridized carbons (Fsp3) is 0.375. The zero-order valence-corrected chi connectivity index (χ0v) is 18.9. The largest absolute Gasteiger partial charge is 0.354 e. The normalized spacial score (nSPS) is 18.2. The van der Waals surface area contributed by atoms with Crippen molar-refractivity contribution >= 4 is 33.2 Å². The highest BCUT2D eigenvalue weighted by Gasteiger charge is 2.29. The van der Waals surface area contributed by atoms with Gasteiger partial charge in [0.25, 0.3) is 0 Å². The zero-order valence-electron chi connectivity index (χ0n) is 18.1. The second-order valence-electron chi connectivity index (χ2n) is 8.58. The SMILES string of the molecule is CN(c1nc(-c2cccnc2)nc2sc3c(c12)CCC3)C1CCCN(c2cccnn2)C1. The van der Waals surface area contributed by atoms with Crippen LogP contribution in [0.1, 0.15) is 29.7 Å². The van der Waals surface area contributed by atoms with E-state index in [1.54, 1.807) is 12.4 Å². The molecule has 1 fully saturated rings. The number of nitrogens with zero attached hydrogens (tertiary/aromatic N) is 7. The van der Waals surface area contributed by atoms with Gasteiger partial charge in [-0.25, -0.2) is 9.97 Å². The molecule has 0 bridgehead atoms. The molecule has 6 rings (SSSR count). The van der Waals surface area contributed by atoms with Crippen LogP contribution in [0.3, 0.4) is 0 Å². The van der Waals surface area contributed by atoms with E-state index in [-0.39, 0.29) is 0 Å². The van der Waals surface area contributed by atoms with Gasteiger partial charge in [0.1, 0.15) is 10.6 Å². The maximum atomic E-state index is 5.13. The molecule has 1 saturated heterocycles. The molecule has 0 spiro atoms. The van der Waals surface area contributed by atoms with Crippen molar-refractivity contribution in [3.05, 3.63) is 53.3 Å². The van der Waals surface area contributed by atoms with E-state index in [1.807, 2.05) is 41.8 Å². The smallest absolute Gasteiger partial charge is 0.164 e. The van der Waals surface area contributed by atoms with Crippen molar-refractivity contribution in [2.24, 2.45) is 0 Å². The molecule has 4 aromatic rings. The summed E-state index contributed by atoms with van der Waals surface area (Å²) in [4.78, 5) is 21.7. The van der Waals surface area contributed by atoms with Gasteiger partial charge < -0.3 is 9.80 Å². The van der Waals surface area contributed by atoms with Crippen molar-refractivity contribution in [2.45, 2.75) is 38.1 Å². The molecule has 0 N–H and O–H groups in total. The van der Waals surface area contributed by atoms with Gasteiger partial charge in [-0.05, 0) is 61.9 Å². The van der Waals surface area contributed by atoms with Crippen LogP contribution < -0.4 is 9.80 Å². The van der Waals surface area contributed by atoms with Crippen molar-refractivity contribution < 1.29 is 0 Å². The second kappa shape index (κ2) is 8.09. The predicted molar refractivity (Wildman–Crippen MR) is 128 cm³/mol. The summed E-state index contributed by atoms with van der Waals surface area (Å²) in [7, 11) is 2.19. The zero-order chi connectivity index (χ0) is 21.5. The number of fused-ring (bicyclic) bond motifs is 3. The number of anilines is 2. The number of aromatic nitrogens is 5. The van der Waals surface area contributed by atoms with Crippen LogP contribution in [-0.2, 0) is 12.8 Å². The summed E-state index contributed by atoms with van der Waals surface area (Å²) in [5, 5.41) is 9.67. The van der Waals surface area contributed by atoms with Crippen molar-refractivity contribution in [1.82, 2.24) is 25.1 Å². The van der Waals surface area contributed by atoms with Crippen LogP contribution in [0.4, 0.5) is 11.6 Å². The average molecular weight is 444 g/mol. The molecule has 0 amide bonds. The number of pyridine rings is 1.